The Kier molecular flexibility index (Phi) is 25.5. The minimum absolute atomic E-state index is 0.0247. The van der Waals surface area contributed by atoms with E-state index in [1.165, 1.54) is 20.8 Å². The number of aliphatic hydroxyl groups excluding tert-OH is 1. The predicted octanol–water partition coefficient (Wildman–Crippen LogP) is -2.25. The maximum absolute atomic E-state index is 13.8. The third-order valence-corrected chi connectivity index (χ3v) is 9.59. The fourth-order valence-corrected chi connectivity index (χ4v) is 5.86. The van der Waals surface area contributed by atoms with Crippen LogP contribution >= 0.6 is 0 Å². The van der Waals surface area contributed by atoms with Crippen molar-refractivity contribution in [2.24, 2.45) is 35.0 Å². The topological polar surface area (TPSA) is 356 Å². The van der Waals surface area contributed by atoms with Gasteiger partial charge in [-0.1, -0.05) is 48.0 Å². The lowest BCUT2D eigenvalue weighted by Gasteiger charge is -2.28. The number of unbranched alkanes of at least 4 members (excludes halogenated alkanes) is 1. The zero-order valence-electron chi connectivity index (χ0n) is 36.6. The van der Waals surface area contributed by atoms with Gasteiger partial charge in [-0.05, 0) is 83.6 Å². The second-order valence-electron chi connectivity index (χ2n) is 16.2. The van der Waals surface area contributed by atoms with Gasteiger partial charge in [0.05, 0.1) is 12.1 Å². The molecule has 0 aliphatic heterocycles. The summed E-state index contributed by atoms with van der Waals surface area (Å²) in [6, 6.07) is -9.93. The summed E-state index contributed by atoms with van der Waals surface area (Å²) in [7, 11) is 0. The smallest absolute Gasteiger partial charge is 0.303 e. The lowest BCUT2D eigenvalue weighted by molar-refractivity contribution is -0.139. The molecule has 0 aliphatic rings. The van der Waals surface area contributed by atoms with Crippen molar-refractivity contribution in [2.75, 3.05) is 6.54 Å². The highest BCUT2D eigenvalue weighted by Gasteiger charge is 2.35. The van der Waals surface area contributed by atoms with E-state index in [0.29, 0.717) is 19.3 Å². The van der Waals surface area contributed by atoms with Crippen LogP contribution in [0.3, 0.4) is 0 Å². The van der Waals surface area contributed by atoms with Crippen molar-refractivity contribution in [3.8, 4) is 0 Å². The summed E-state index contributed by atoms with van der Waals surface area (Å²) in [5, 5.41) is 37.3. The molecule has 0 aromatic rings. The van der Waals surface area contributed by atoms with E-state index in [9.17, 15) is 53.4 Å². The molecule has 0 heterocycles. The molecule has 0 aromatic carbocycles. The van der Waals surface area contributed by atoms with Gasteiger partial charge >= 0.3 is 5.97 Å². The molecule has 21 nitrogen and oxygen atoms in total. The minimum Gasteiger partial charge on any atom is -0.481 e. The first-order valence-corrected chi connectivity index (χ1v) is 20.6. The number of carbonyl (C=O) groups excluding carboxylic acids is 8. The number of primary amides is 1. The van der Waals surface area contributed by atoms with E-state index in [1.54, 1.807) is 20.8 Å². The average molecular weight is 857 g/mol. The predicted molar refractivity (Wildman–Crippen MR) is 222 cm³/mol. The highest BCUT2D eigenvalue weighted by atomic mass is 16.4. The number of hydrogen-bond donors (Lipinski definition) is 12. The lowest BCUT2D eigenvalue weighted by Crippen LogP contribution is -2.61. The molecule has 60 heavy (non-hydrogen) atoms. The molecule has 10 atom stereocenters. The van der Waals surface area contributed by atoms with E-state index >= 15 is 0 Å². The van der Waals surface area contributed by atoms with Gasteiger partial charge in [-0.25, -0.2) is 0 Å². The van der Waals surface area contributed by atoms with Crippen LogP contribution in [0.1, 0.15) is 114 Å². The lowest BCUT2D eigenvalue weighted by atomic mass is 9.97. The van der Waals surface area contributed by atoms with E-state index in [0.717, 1.165) is 0 Å². The van der Waals surface area contributed by atoms with Crippen molar-refractivity contribution in [3.05, 3.63) is 0 Å². The van der Waals surface area contributed by atoms with Gasteiger partial charge in [0.15, 0.2) is 0 Å². The normalized spacial score (nSPS) is 16.3. The summed E-state index contributed by atoms with van der Waals surface area (Å²) in [6.45, 7) is 15.0. The minimum atomic E-state index is -1.51. The van der Waals surface area contributed by atoms with Gasteiger partial charge in [-0.3, -0.25) is 43.2 Å². The van der Waals surface area contributed by atoms with Crippen LogP contribution in [0.25, 0.3) is 0 Å². The van der Waals surface area contributed by atoms with Crippen LogP contribution in [0.5, 0.6) is 0 Å². The Balaban J connectivity index is 6.32. The van der Waals surface area contributed by atoms with Gasteiger partial charge in [-0.15, -0.1) is 0 Å². The van der Waals surface area contributed by atoms with Gasteiger partial charge < -0.3 is 64.6 Å². The van der Waals surface area contributed by atoms with Crippen molar-refractivity contribution in [1.29, 1.82) is 0 Å². The van der Waals surface area contributed by atoms with Crippen LogP contribution in [0.15, 0.2) is 0 Å². The first-order valence-electron chi connectivity index (χ1n) is 20.6. The Morgan fingerprint density at radius 3 is 1.42 bits per heavy atom. The zero-order chi connectivity index (χ0) is 46.4. The van der Waals surface area contributed by atoms with Gasteiger partial charge in [0.25, 0.3) is 0 Å². The van der Waals surface area contributed by atoms with Crippen LogP contribution in [0.2, 0.25) is 0 Å². The molecular weight excluding hydrogens is 784 g/mol. The molecule has 0 spiro atoms. The van der Waals surface area contributed by atoms with Crippen LogP contribution in [0, 0.1) is 17.8 Å². The van der Waals surface area contributed by atoms with Crippen molar-refractivity contribution in [2.45, 2.75) is 168 Å². The van der Waals surface area contributed by atoms with Crippen molar-refractivity contribution in [3.63, 3.8) is 0 Å². The Hall–Kier alpha value is -4.89. The van der Waals surface area contributed by atoms with Crippen molar-refractivity contribution < 1.29 is 53.4 Å². The molecule has 0 radical (unpaired) electrons. The van der Waals surface area contributed by atoms with Crippen LogP contribution in [-0.2, 0) is 43.2 Å². The summed E-state index contributed by atoms with van der Waals surface area (Å²) in [6.07, 6.45) is -0.737. The molecule has 0 rings (SSSR count). The summed E-state index contributed by atoms with van der Waals surface area (Å²) in [4.78, 5) is 117. The van der Waals surface area contributed by atoms with Crippen LogP contribution in [0.4, 0.5) is 0 Å². The highest BCUT2D eigenvalue weighted by molar-refractivity contribution is 5.97. The average Bonchev–Trinajstić information content (AvgIpc) is 3.14. The zero-order valence-corrected chi connectivity index (χ0v) is 36.6. The number of rotatable bonds is 29. The van der Waals surface area contributed by atoms with Crippen LogP contribution < -0.4 is 54.4 Å². The van der Waals surface area contributed by atoms with E-state index in [4.69, 9.17) is 17.2 Å². The number of nitrogens with two attached hydrogens (primary N) is 3. The second kappa shape index (κ2) is 27.8. The van der Waals surface area contributed by atoms with Gasteiger partial charge in [0.1, 0.15) is 42.3 Å². The number of hydrogen-bond acceptors (Lipinski definition) is 12. The number of carbonyl (C=O) groups is 9. The summed E-state index contributed by atoms with van der Waals surface area (Å²) < 4.78 is 0. The third kappa shape index (κ3) is 20.9. The van der Waals surface area contributed by atoms with Gasteiger partial charge in [0.2, 0.25) is 47.3 Å². The Morgan fingerprint density at radius 2 is 0.983 bits per heavy atom. The molecule has 0 unspecified atom stereocenters. The van der Waals surface area contributed by atoms with E-state index in [-0.39, 0.29) is 43.6 Å². The Labute approximate surface area is 353 Å². The maximum atomic E-state index is 13.8. The molecule has 0 bridgehead atoms. The maximum Gasteiger partial charge on any atom is 0.303 e. The fourth-order valence-electron chi connectivity index (χ4n) is 5.86. The van der Waals surface area contributed by atoms with E-state index in [2.05, 4.69) is 37.2 Å². The molecule has 0 saturated carbocycles. The third-order valence-electron chi connectivity index (χ3n) is 9.59. The van der Waals surface area contributed by atoms with E-state index in [1.807, 2.05) is 20.8 Å². The summed E-state index contributed by atoms with van der Waals surface area (Å²) >= 11 is 0. The molecule has 15 N–H and O–H groups in total. The standard InChI is InChI=1S/C39H72N10O11/c1-10-21(6)30(32(42)53)48-38(59)28(18-20(4)5)46-34(55)23(8)43-35(56)26(14-15-29(51)52)45-36(57)25(13-11-12-16-40)44-37(58)27(17-19(2)3)47-39(60)31(24(9)50)49-33(54)22(7)41/h19-28,30-31,50H,10-18,40-41H2,1-9H3,(H2,42,53)(H,43,56)(H,44,58)(H,45,57)(H,46,55)(H,47,60)(H,48,59)(H,49,54)(H,51,52)/t21-,22-,23-,24+,25-,26-,27-,28-,30-,31-/m0/s1. The molecule has 344 valence electrons. The van der Waals surface area contributed by atoms with Crippen molar-refractivity contribution in [1.82, 2.24) is 37.2 Å². The Morgan fingerprint density at radius 1 is 0.550 bits per heavy atom. The summed E-state index contributed by atoms with van der Waals surface area (Å²) in [5.41, 5.74) is 16.8. The van der Waals surface area contributed by atoms with Gasteiger partial charge in [0, 0.05) is 6.42 Å². The van der Waals surface area contributed by atoms with Gasteiger partial charge in [-0.2, -0.15) is 0 Å². The van der Waals surface area contributed by atoms with E-state index < -0.39 is 121 Å². The fraction of sp³-hybridized carbons (Fsp3) is 0.769. The molecule has 0 aliphatic carbocycles. The molecular formula is C39H72N10O11. The molecule has 8 amide bonds. The quantitative estimate of drug-likeness (QED) is 0.0354. The number of carboxylic acids is 1. The second-order valence-corrected chi connectivity index (χ2v) is 16.2. The SMILES string of the molecule is CC[C@H](C)[C@H](NC(=O)[C@H](CC(C)C)NC(=O)[C@H](C)NC(=O)[C@H](CCC(=O)O)NC(=O)[C@H](CCCCN)NC(=O)[C@H](CC(C)C)NC(=O)[C@@H](NC(=O)[C@H](C)N)[C@@H](C)O)C(N)=O. The number of aliphatic hydroxyl groups is 1. The first-order chi connectivity index (χ1) is 27.9. The molecule has 21 heteroatoms. The Bertz CT molecular complexity index is 1460. The number of aliphatic carboxylic acids is 1. The number of carboxylic acid groups (broad SMARTS) is 1. The van der Waals surface area contributed by atoms with Crippen molar-refractivity contribution >= 4 is 53.2 Å². The first kappa shape index (κ1) is 55.1. The largest absolute Gasteiger partial charge is 0.481 e. The highest BCUT2D eigenvalue weighted by Crippen LogP contribution is 2.12. The number of nitrogens with one attached hydrogen (secondary N) is 7. The number of amides is 8. The molecule has 0 saturated heterocycles. The molecule has 0 fully saturated rings. The van der Waals surface area contributed by atoms with Crippen LogP contribution in [-0.4, -0.2) is 124 Å². The summed E-state index contributed by atoms with van der Waals surface area (Å²) in [5.74, 6) is -8.20. The molecule has 0 aromatic heterocycles. The monoisotopic (exact) mass is 857 g/mol.